The second-order valence-electron chi connectivity index (χ2n) is 2.79. The number of hydrogen-bond donors (Lipinski definition) is 0. The van der Waals surface area contributed by atoms with Gasteiger partial charge in [0, 0.05) is 5.56 Å². The zero-order chi connectivity index (χ0) is 10.1. The molecule has 0 amide bonds. The van der Waals surface area contributed by atoms with Crippen LogP contribution in [0.2, 0.25) is 0 Å². The third-order valence-corrected chi connectivity index (χ3v) is 1.82. The molecule has 1 aromatic carbocycles. The molecule has 1 heterocycles. The van der Waals surface area contributed by atoms with Crippen LogP contribution in [0.3, 0.4) is 0 Å². The third kappa shape index (κ3) is 1.45. The lowest BCUT2D eigenvalue weighted by Crippen LogP contribution is -2.04. The van der Waals surface area contributed by atoms with Crippen molar-refractivity contribution < 1.29 is 17.9 Å². The highest BCUT2D eigenvalue weighted by Gasteiger charge is 2.16. The normalized spacial score (nSPS) is 15.2. The molecule has 0 aliphatic carbocycles. The van der Waals surface area contributed by atoms with E-state index in [1.165, 1.54) is 0 Å². The minimum Gasteiger partial charge on any atom is -0.476 e. The Bertz CT molecular complexity index is 380. The second kappa shape index (κ2) is 3.32. The molecule has 0 N–H and O–H groups in total. The van der Waals surface area contributed by atoms with E-state index in [2.05, 4.69) is 4.99 Å². The monoisotopic (exact) mass is 201 g/mol. The molecule has 74 valence electrons. The van der Waals surface area contributed by atoms with Crippen molar-refractivity contribution in [3.63, 3.8) is 0 Å². The summed E-state index contributed by atoms with van der Waals surface area (Å²) < 4.78 is 43.1. The third-order valence-electron chi connectivity index (χ3n) is 1.82. The Morgan fingerprint density at radius 2 is 1.79 bits per heavy atom. The molecule has 14 heavy (non-hydrogen) atoms. The largest absolute Gasteiger partial charge is 0.476 e. The van der Waals surface area contributed by atoms with Crippen LogP contribution in [0.1, 0.15) is 5.56 Å². The minimum atomic E-state index is -1.48. The van der Waals surface area contributed by atoms with Crippen molar-refractivity contribution in [2.75, 3.05) is 13.2 Å². The van der Waals surface area contributed by atoms with Crippen LogP contribution < -0.4 is 0 Å². The van der Waals surface area contributed by atoms with E-state index in [0.29, 0.717) is 13.2 Å². The fourth-order valence-corrected chi connectivity index (χ4v) is 1.19. The van der Waals surface area contributed by atoms with E-state index in [1.807, 2.05) is 0 Å². The summed E-state index contributed by atoms with van der Waals surface area (Å²) in [7, 11) is 0. The summed E-state index contributed by atoms with van der Waals surface area (Å²) in [4.78, 5) is 3.86. The molecule has 0 aromatic heterocycles. The van der Waals surface area contributed by atoms with Gasteiger partial charge >= 0.3 is 0 Å². The van der Waals surface area contributed by atoms with Crippen molar-refractivity contribution >= 4 is 5.90 Å². The molecule has 5 heteroatoms. The summed E-state index contributed by atoms with van der Waals surface area (Å²) in [6, 6.07) is 1.73. The molecule has 0 radical (unpaired) electrons. The zero-order valence-corrected chi connectivity index (χ0v) is 7.06. The van der Waals surface area contributed by atoms with Gasteiger partial charge in [0.1, 0.15) is 6.61 Å². The number of rotatable bonds is 1. The van der Waals surface area contributed by atoms with Crippen LogP contribution in [0.15, 0.2) is 17.1 Å². The number of hydrogen-bond acceptors (Lipinski definition) is 2. The van der Waals surface area contributed by atoms with Gasteiger partial charge in [0.15, 0.2) is 17.5 Å². The van der Waals surface area contributed by atoms with Crippen LogP contribution in [0.5, 0.6) is 0 Å². The van der Waals surface area contributed by atoms with E-state index < -0.39 is 17.5 Å². The molecule has 2 nitrogen and oxygen atoms in total. The second-order valence-corrected chi connectivity index (χ2v) is 2.79. The van der Waals surface area contributed by atoms with Gasteiger partial charge in [0.25, 0.3) is 0 Å². The lowest BCUT2D eigenvalue weighted by Gasteiger charge is -2.02. The van der Waals surface area contributed by atoms with Crippen molar-refractivity contribution in [1.82, 2.24) is 0 Å². The van der Waals surface area contributed by atoms with Crippen LogP contribution in [0.25, 0.3) is 0 Å². The first kappa shape index (κ1) is 9.05. The standard InChI is InChI=1S/C9H6F3NO/c10-6-3-5(4-7(11)8(6)12)9-13-1-2-14-9/h3-4H,1-2H2. The predicted octanol–water partition coefficient (Wildman–Crippen LogP) is 1.88. The summed E-state index contributed by atoms with van der Waals surface area (Å²) in [5.74, 6) is -3.80. The molecule has 0 unspecified atom stereocenters. The van der Waals surface area contributed by atoms with E-state index in [-0.39, 0.29) is 11.5 Å². The fraction of sp³-hybridized carbons (Fsp3) is 0.222. The van der Waals surface area contributed by atoms with Crippen molar-refractivity contribution in [3.05, 3.63) is 35.1 Å². The molecule has 0 atom stereocenters. The van der Waals surface area contributed by atoms with E-state index in [0.717, 1.165) is 12.1 Å². The molecule has 1 aliphatic rings. The zero-order valence-electron chi connectivity index (χ0n) is 7.06. The molecule has 0 saturated heterocycles. The Morgan fingerprint density at radius 3 is 2.29 bits per heavy atom. The van der Waals surface area contributed by atoms with Gasteiger partial charge in [-0.25, -0.2) is 18.2 Å². The van der Waals surface area contributed by atoms with Crippen LogP contribution in [-0.2, 0) is 4.74 Å². The Labute approximate surface area is 78.0 Å². The maximum atomic E-state index is 12.8. The highest BCUT2D eigenvalue weighted by molar-refractivity contribution is 5.94. The molecular formula is C9H6F3NO. The molecule has 0 bridgehead atoms. The molecule has 2 rings (SSSR count). The van der Waals surface area contributed by atoms with Crippen molar-refractivity contribution in [3.8, 4) is 0 Å². The van der Waals surface area contributed by atoms with Crippen molar-refractivity contribution in [1.29, 1.82) is 0 Å². The first-order valence-electron chi connectivity index (χ1n) is 4.00. The van der Waals surface area contributed by atoms with Gasteiger partial charge in [0.2, 0.25) is 5.90 Å². The number of halogens is 3. The van der Waals surface area contributed by atoms with Crippen molar-refractivity contribution in [2.45, 2.75) is 0 Å². The Kier molecular flexibility index (Phi) is 2.15. The van der Waals surface area contributed by atoms with Gasteiger partial charge in [-0.15, -0.1) is 0 Å². The molecule has 1 aliphatic heterocycles. The van der Waals surface area contributed by atoms with Gasteiger partial charge < -0.3 is 4.74 Å². The molecular weight excluding hydrogens is 195 g/mol. The van der Waals surface area contributed by atoms with E-state index in [9.17, 15) is 13.2 Å². The Hall–Kier alpha value is -1.52. The molecule has 0 saturated carbocycles. The Morgan fingerprint density at radius 1 is 1.14 bits per heavy atom. The predicted molar refractivity (Wildman–Crippen MR) is 43.7 cm³/mol. The van der Waals surface area contributed by atoms with Gasteiger partial charge in [-0.2, -0.15) is 0 Å². The smallest absolute Gasteiger partial charge is 0.216 e. The van der Waals surface area contributed by atoms with Crippen LogP contribution in [0.4, 0.5) is 13.2 Å². The number of aliphatic imine (C=N–C) groups is 1. The molecule has 1 aromatic rings. The highest BCUT2D eigenvalue weighted by Crippen LogP contribution is 2.16. The molecule has 0 fully saturated rings. The van der Waals surface area contributed by atoms with Crippen LogP contribution in [0, 0.1) is 17.5 Å². The van der Waals surface area contributed by atoms with Gasteiger partial charge in [-0.05, 0) is 12.1 Å². The SMILES string of the molecule is Fc1cc(C2=NCCO2)cc(F)c1F. The topological polar surface area (TPSA) is 21.6 Å². The average Bonchev–Trinajstić information content (AvgIpc) is 2.66. The maximum Gasteiger partial charge on any atom is 0.216 e. The first-order valence-corrected chi connectivity index (χ1v) is 4.00. The number of benzene rings is 1. The lowest BCUT2D eigenvalue weighted by molar-refractivity contribution is 0.347. The summed E-state index contributed by atoms with van der Waals surface area (Å²) >= 11 is 0. The fourth-order valence-electron chi connectivity index (χ4n) is 1.19. The van der Waals surface area contributed by atoms with Crippen molar-refractivity contribution in [2.24, 2.45) is 4.99 Å². The summed E-state index contributed by atoms with van der Waals surface area (Å²) in [5.41, 5.74) is 0.124. The molecule has 0 spiro atoms. The first-order chi connectivity index (χ1) is 6.68. The van der Waals surface area contributed by atoms with Gasteiger partial charge in [0.05, 0.1) is 6.54 Å². The van der Waals surface area contributed by atoms with Crippen LogP contribution in [-0.4, -0.2) is 19.0 Å². The highest BCUT2D eigenvalue weighted by atomic mass is 19.2. The van der Waals surface area contributed by atoms with E-state index in [4.69, 9.17) is 4.74 Å². The summed E-state index contributed by atoms with van der Waals surface area (Å²) in [6.45, 7) is 0.839. The minimum absolute atomic E-state index is 0.124. The number of nitrogens with zero attached hydrogens (tertiary/aromatic N) is 1. The quantitative estimate of drug-likeness (QED) is 0.635. The number of ether oxygens (including phenoxy) is 1. The van der Waals surface area contributed by atoms with E-state index in [1.54, 1.807) is 0 Å². The van der Waals surface area contributed by atoms with Crippen LogP contribution >= 0.6 is 0 Å². The Balaban J connectivity index is 2.45. The summed E-state index contributed by atoms with van der Waals surface area (Å²) in [6.07, 6.45) is 0. The lowest BCUT2D eigenvalue weighted by atomic mass is 10.2. The van der Waals surface area contributed by atoms with Gasteiger partial charge in [-0.3, -0.25) is 0 Å². The average molecular weight is 201 g/mol. The van der Waals surface area contributed by atoms with Gasteiger partial charge in [-0.1, -0.05) is 0 Å². The van der Waals surface area contributed by atoms with E-state index >= 15 is 0 Å². The summed E-state index contributed by atoms with van der Waals surface area (Å²) in [5, 5.41) is 0. The maximum absolute atomic E-state index is 12.8.